The summed E-state index contributed by atoms with van der Waals surface area (Å²) >= 11 is 0. The minimum Gasteiger partial charge on any atom is -0.493 e. The van der Waals surface area contributed by atoms with Crippen molar-refractivity contribution in [3.63, 3.8) is 0 Å². The molecule has 3 rings (SSSR count). The highest BCUT2D eigenvalue weighted by Gasteiger charge is 2.42. The van der Waals surface area contributed by atoms with Crippen molar-refractivity contribution in [2.24, 2.45) is 17.8 Å². The molecule has 0 heterocycles. The van der Waals surface area contributed by atoms with Gasteiger partial charge in [-0.25, -0.2) is 4.79 Å². The maximum absolute atomic E-state index is 12.6. The van der Waals surface area contributed by atoms with Crippen LogP contribution in [0.15, 0.2) is 18.2 Å². The Morgan fingerprint density at radius 1 is 1.19 bits per heavy atom. The molecule has 2 aliphatic rings. The minimum atomic E-state index is -0.478. The zero-order chi connectivity index (χ0) is 18.7. The maximum Gasteiger partial charge on any atom is 0.343 e. The second-order valence-corrected chi connectivity index (χ2v) is 7.33. The van der Waals surface area contributed by atoms with Crippen LogP contribution < -0.4 is 14.8 Å². The van der Waals surface area contributed by atoms with Crippen LogP contribution >= 0.6 is 0 Å². The molecule has 0 unspecified atom stereocenters. The molecule has 4 atom stereocenters. The first-order valence-electron chi connectivity index (χ1n) is 9.20. The van der Waals surface area contributed by atoms with Crippen molar-refractivity contribution in [3.8, 4) is 11.5 Å². The van der Waals surface area contributed by atoms with Crippen molar-refractivity contribution in [1.82, 2.24) is 5.32 Å². The third kappa shape index (κ3) is 3.94. The Labute approximate surface area is 154 Å². The molecule has 2 saturated carbocycles. The summed E-state index contributed by atoms with van der Waals surface area (Å²) in [5.41, 5.74) is 0.516. The molecule has 1 aromatic carbocycles. The van der Waals surface area contributed by atoms with Gasteiger partial charge in [0.15, 0.2) is 18.1 Å². The quantitative estimate of drug-likeness (QED) is 0.756. The number of benzene rings is 1. The summed E-state index contributed by atoms with van der Waals surface area (Å²) in [6.07, 6.45) is 5.21. The Kier molecular flexibility index (Phi) is 5.69. The molecule has 0 aliphatic heterocycles. The lowest BCUT2D eigenvalue weighted by molar-refractivity contribution is -0.142. The number of carbonyl (C=O) groups excluding carboxylic acids is 2. The second-order valence-electron chi connectivity index (χ2n) is 7.33. The van der Waals surface area contributed by atoms with Gasteiger partial charge >= 0.3 is 5.97 Å². The third-order valence-corrected chi connectivity index (χ3v) is 5.79. The number of ether oxygens (including phenoxy) is 3. The van der Waals surface area contributed by atoms with E-state index in [4.69, 9.17) is 9.47 Å². The molecule has 2 aliphatic carbocycles. The molecule has 1 N–H and O–H groups in total. The number of esters is 1. The predicted molar refractivity (Wildman–Crippen MR) is 96.4 cm³/mol. The van der Waals surface area contributed by atoms with E-state index >= 15 is 0 Å². The molecule has 1 aromatic rings. The lowest BCUT2D eigenvalue weighted by atomic mass is 9.84. The number of methoxy groups -OCH3 is 2. The molecule has 0 spiro atoms. The normalized spacial score (nSPS) is 24.8. The van der Waals surface area contributed by atoms with Crippen LogP contribution in [0.5, 0.6) is 11.5 Å². The van der Waals surface area contributed by atoms with Gasteiger partial charge in [0.2, 0.25) is 0 Å². The molecular weight excluding hydrogens is 334 g/mol. The van der Waals surface area contributed by atoms with Crippen LogP contribution in [0, 0.1) is 17.8 Å². The van der Waals surface area contributed by atoms with Crippen LogP contribution in [0.2, 0.25) is 0 Å². The molecule has 6 heteroatoms. The number of rotatable bonds is 7. The highest BCUT2D eigenvalue weighted by molar-refractivity contribution is 5.95. The molecule has 6 nitrogen and oxygen atoms in total. The fraction of sp³-hybridized carbons (Fsp3) is 0.600. The lowest BCUT2D eigenvalue weighted by Gasteiger charge is -2.28. The fourth-order valence-corrected chi connectivity index (χ4v) is 4.43. The number of hydrogen-bond donors (Lipinski definition) is 1. The summed E-state index contributed by atoms with van der Waals surface area (Å²) in [6, 6.07) is 5.12. The van der Waals surface area contributed by atoms with Gasteiger partial charge in [0.1, 0.15) is 0 Å². The van der Waals surface area contributed by atoms with E-state index in [2.05, 4.69) is 17.0 Å². The summed E-state index contributed by atoms with van der Waals surface area (Å²) in [5.74, 6) is 2.42. The standard InChI is InChI=1S/C20H27NO5/c1-12(16-9-13-4-5-14(16)8-13)21-20(23)15-6-7-17(18(10-15)24-2)26-11-19(22)25-3/h6-7,10,12-14,16H,4-5,8-9,11H2,1-3H3,(H,21,23)/t12-,13+,14+,16-/m0/s1. The lowest BCUT2D eigenvalue weighted by Crippen LogP contribution is -2.40. The molecule has 142 valence electrons. The van der Waals surface area contributed by atoms with Gasteiger partial charge in [0, 0.05) is 11.6 Å². The van der Waals surface area contributed by atoms with E-state index in [1.54, 1.807) is 18.2 Å². The summed E-state index contributed by atoms with van der Waals surface area (Å²) in [7, 11) is 2.80. The first-order chi connectivity index (χ1) is 12.5. The van der Waals surface area contributed by atoms with Crippen LogP contribution in [0.1, 0.15) is 43.0 Å². The summed E-state index contributed by atoms with van der Waals surface area (Å²) in [5, 5.41) is 3.14. The van der Waals surface area contributed by atoms with E-state index in [0.29, 0.717) is 23.0 Å². The second kappa shape index (κ2) is 7.98. The van der Waals surface area contributed by atoms with E-state index in [0.717, 1.165) is 11.8 Å². The van der Waals surface area contributed by atoms with Crippen molar-refractivity contribution < 1.29 is 23.8 Å². The van der Waals surface area contributed by atoms with Crippen LogP contribution in [0.25, 0.3) is 0 Å². The zero-order valence-corrected chi connectivity index (χ0v) is 15.6. The van der Waals surface area contributed by atoms with E-state index in [-0.39, 0.29) is 18.6 Å². The van der Waals surface area contributed by atoms with Gasteiger partial charge in [0.05, 0.1) is 14.2 Å². The SMILES string of the molecule is COC(=O)COc1ccc(C(=O)N[C@@H](C)[C@@H]2C[C@@H]3CC[C@@H]2C3)cc1OC. The van der Waals surface area contributed by atoms with Gasteiger partial charge in [-0.15, -0.1) is 0 Å². The Morgan fingerprint density at radius 3 is 2.62 bits per heavy atom. The maximum atomic E-state index is 12.6. The molecule has 0 aromatic heterocycles. The number of amides is 1. The topological polar surface area (TPSA) is 73.9 Å². The van der Waals surface area contributed by atoms with Gasteiger partial charge in [-0.05, 0) is 62.1 Å². The monoisotopic (exact) mass is 361 g/mol. The number of hydrogen-bond acceptors (Lipinski definition) is 5. The van der Waals surface area contributed by atoms with E-state index < -0.39 is 5.97 Å². The van der Waals surface area contributed by atoms with Crippen molar-refractivity contribution >= 4 is 11.9 Å². The Bertz CT molecular complexity index is 674. The van der Waals surface area contributed by atoms with Crippen LogP contribution in [-0.4, -0.2) is 38.7 Å². The Balaban J connectivity index is 1.62. The van der Waals surface area contributed by atoms with Crippen molar-refractivity contribution in [1.29, 1.82) is 0 Å². The first-order valence-corrected chi connectivity index (χ1v) is 9.20. The molecule has 2 bridgehead atoms. The average Bonchev–Trinajstić information content (AvgIpc) is 3.29. The van der Waals surface area contributed by atoms with E-state index in [9.17, 15) is 9.59 Å². The predicted octanol–water partition coefficient (Wildman–Crippen LogP) is 2.80. The number of nitrogens with one attached hydrogen (secondary N) is 1. The molecule has 0 radical (unpaired) electrons. The van der Waals surface area contributed by atoms with Crippen molar-refractivity contribution in [2.45, 2.75) is 38.6 Å². The summed E-state index contributed by atoms with van der Waals surface area (Å²) in [6.45, 7) is 1.90. The minimum absolute atomic E-state index is 0.113. The highest BCUT2D eigenvalue weighted by atomic mass is 16.6. The highest BCUT2D eigenvalue weighted by Crippen LogP contribution is 2.49. The van der Waals surface area contributed by atoms with Gasteiger partial charge in [-0.1, -0.05) is 6.42 Å². The van der Waals surface area contributed by atoms with Crippen LogP contribution in [-0.2, 0) is 9.53 Å². The molecular formula is C20H27NO5. The number of carbonyl (C=O) groups is 2. The van der Waals surface area contributed by atoms with E-state index in [1.165, 1.54) is 39.9 Å². The summed E-state index contributed by atoms with van der Waals surface area (Å²) < 4.78 is 15.2. The van der Waals surface area contributed by atoms with Crippen LogP contribution in [0.4, 0.5) is 0 Å². The average molecular weight is 361 g/mol. The van der Waals surface area contributed by atoms with E-state index in [1.807, 2.05) is 0 Å². The summed E-state index contributed by atoms with van der Waals surface area (Å²) in [4.78, 5) is 23.8. The van der Waals surface area contributed by atoms with Crippen molar-refractivity contribution in [2.75, 3.05) is 20.8 Å². The van der Waals surface area contributed by atoms with Gasteiger partial charge in [0.25, 0.3) is 5.91 Å². The largest absolute Gasteiger partial charge is 0.493 e. The Morgan fingerprint density at radius 2 is 2.00 bits per heavy atom. The third-order valence-electron chi connectivity index (χ3n) is 5.79. The fourth-order valence-electron chi connectivity index (χ4n) is 4.43. The van der Waals surface area contributed by atoms with Crippen molar-refractivity contribution in [3.05, 3.63) is 23.8 Å². The molecule has 0 saturated heterocycles. The van der Waals surface area contributed by atoms with Gasteiger partial charge < -0.3 is 19.5 Å². The van der Waals surface area contributed by atoms with Gasteiger partial charge in [-0.2, -0.15) is 0 Å². The number of fused-ring (bicyclic) bond motifs is 2. The first kappa shape index (κ1) is 18.5. The van der Waals surface area contributed by atoms with Crippen LogP contribution in [0.3, 0.4) is 0 Å². The zero-order valence-electron chi connectivity index (χ0n) is 15.6. The smallest absolute Gasteiger partial charge is 0.343 e. The molecule has 2 fully saturated rings. The molecule has 1 amide bonds. The Hall–Kier alpha value is -2.24. The molecule has 26 heavy (non-hydrogen) atoms. The van der Waals surface area contributed by atoms with Gasteiger partial charge in [-0.3, -0.25) is 4.79 Å².